The Morgan fingerprint density at radius 1 is 1.36 bits per heavy atom. The average molecular weight is 389 g/mol. The van der Waals surface area contributed by atoms with Gasteiger partial charge in [-0.3, -0.25) is 9.79 Å². The van der Waals surface area contributed by atoms with E-state index in [1.54, 1.807) is 17.0 Å². The number of benzene rings is 1. The number of urea groups is 1. The normalized spacial score (nSPS) is 21.6. The molecule has 1 saturated heterocycles. The zero-order valence-corrected chi connectivity index (χ0v) is 16.3. The monoisotopic (exact) mass is 389 g/mol. The molecule has 1 aromatic rings. The van der Waals surface area contributed by atoms with Gasteiger partial charge < -0.3 is 15.3 Å². The molecule has 2 heterocycles. The highest BCUT2D eigenvalue weighted by Gasteiger charge is 2.34. The summed E-state index contributed by atoms with van der Waals surface area (Å²) in [5, 5.41) is 12.2. The van der Waals surface area contributed by atoms with Gasteiger partial charge in [-0.1, -0.05) is 6.92 Å². The highest BCUT2D eigenvalue weighted by Crippen LogP contribution is 2.32. The van der Waals surface area contributed by atoms with Crippen LogP contribution in [0.5, 0.6) is 0 Å². The molecule has 3 rings (SSSR count). The fraction of sp³-hybridized carbons (Fsp3) is 0.571. The summed E-state index contributed by atoms with van der Waals surface area (Å²) in [5.41, 5.74) is 2.81. The van der Waals surface area contributed by atoms with Crippen LogP contribution in [0.2, 0.25) is 0 Å². The molecule has 2 amide bonds. The van der Waals surface area contributed by atoms with Gasteiger partial charge in [-0.2, -0.15) is 0 Å². The Kier molecular flexibility index (Phi) is 6.65. The molecule has 2 N–H and O–H groups in total. The number of hydrogen-bond donors (Lipinski definition) is 2. The number of fused-ring (bicyclic) bond motifs is 1. The molecule has 2 atom stereocenters. The Morgan fingerprint density at radius 3 is 2.93 bits per heavy atom. The number of aliphatic imine (C=N–C) groups is 1. The standard InChI is InChI=1S/C21H28FN3O3/c1-2-7-24-21(28)25-9-6-14(12-20(26)27)16(13-25)11-19-18-4-3-17(22)10-15(18)5-8-23-19/h3-4,10,14,16H,2,5-9,11-13H2,1H3,(H,24,28)(H,26,27). The van der Waals surface area contributed by atoms with E-state index in [2.05, 4.69) is 10.3 Å². The minimum Gasteiger partial charge on any atom is -0.481 e. The Morgan fingerprint density at radius 2 is 2.18 bits per heavy atom. The number of nitrogens with zero attached hydrogens (tertiary/aromatic N) is 2. The lowest BCUT2D eigenvalue weighted by molar-refractivity contribution is -0.138. The van der Waals surface area contributed by atoms with Crippen molar-refractivity contribution in [1.82, 2.24) is 10.2 Å². The molecule has 7 heteroatoms. The van der Waals surface area contributed by atoms with E-state index in [0.717, 1.165) is 23.3 Å². The lowest BCUT2D eigenvalue weighted by Gasteiger charge is -2.38. The quantitative estimate of drug-likeness (QED) is 0.784. The maximum Gasteiger partial charge on any atom is 0.317 e. The van der Waals surface area contributed by atoms with Gasteiger partial charge in [0, 0.05) is 38.3 Å². The maximum absolute atomic E-state index is 13.6. The Labute approximate surface area is 164 Å². The summed E-state index contributed by atoms with van der Waals surface area (Å²) >= 11 is 0. The molecule has 0 saturated carbocycles. The van der Waals surface area contributed by atoms with Crippen LogP contribution in [-0.2, 0) is 11.2 Å². The molecule has 2 aliphatic heterocycles. The van der Waals surface area contributed by atoms with Crippen molar-refractivity contribution in [2.75, 3.05) is 26.2 Å². The number of halogens is 1. The van der Waals surface area contributed by atoms with Crippen LogP contribution < -0.4 is 5.32 Å². The predicted molar refractivity (Wildman–Crippen MR) is 105 cm³/mol. The van der Waals surface area contributed by atoms with Gasteiger partial charge in [0.1, 0.15) is 5.82 Å². The zero-order chi connectivity index (χ0) is 20.1. The van der Waals surface area contributed by atoms with Crippen LogP contribution in [0.25, 0.3) is 0 Å². The number of amides is 2. The molecule has 1 aromatic carbocycles. The van der Waals surface area contributed by atoms with E-state index in [0.29, 0.717) is 45.4 Å². The zero-order valence-electron chi connectivity index (χ0n) is 16.3. The molecular weight excluding hydrogens is 361 g/mol. The van der Waals surface area contributed by atoms with E-state index in [4.69, 9.17) is 0 Å². The third-order valence-corrected chi connectivity index (χ3v) is 5.66. The number of hydrogen-bond acceptors (Lipinski definition) is 3. The molecule has 0 spiro atoms. The highest BCUT2D eigenvalue weighted by molar-refractivity contribution is 6.02. The number of aliphatic carboxylic acids is 1. The minimum atomic E-state index is -0.813. The lowest BCUT2D eigenvalue weighted by Crippen LogP contribution is -2.49. The number of carbonyl (C=O) groups excluding carboxylic acids is 1. The average Bonchev–Trinajstić information content (AvgIpc) is 2.67. The maximum atomic E-state index is 13.6. The van der Waals surface area contributed by atoms with E-state index in [1.807, 2.05) is 6.92 Å². The van der Waals surface area contributed by atoms with Gasteiger partial charge in [0.05, 0.1) is 0 Å². The second-order valence-corrected chi connectivity index (χ2v) is 7.67. The van der Waals surface area contributed by atoms with E-state index >= 15 is 0 Å². The second-order valence-electron chi connectivity index (χ2n) is 7.67. The third kappa shape index (κ3) is 4.88. The van der Waals surface area contributed by atoms with Crippen molar-refractivity contribution in [3.63, 3.8) is 0 Å². The summed E-state index contributed by atoms with van der Waals surface area (Å²) in [6, 6.07) is 4.68. The minimum absolute atomic E-state index is 0.00116. The summed E-state index contributed by atoms with van der Waals surface area (Å²) in [6.45, 7) is 4.33. The van der Waals surface area contributed by atoms with Crippen molar-refractivity contribution in [3.8, 4) is 0 Å². The van der Waals surface area contributed by atoms with Crippen molar-refractivity contribution in [2.24, 2.45) is 16.8 Å². The van der Waals surface area contributed by atoms with Crippen molar-refractivity contribution >= 4 is 17.7 Å². The Hall–Kier alpha value is -2.44. The van der Waals surface area contributed by atoms with E-state index in [9.17, 15) is 19.1 Å². The van der Waals surface area contributed by atoms with Crippen LogP contribution in [0.3, 0.4) is 0 Å². The molecule has 6 nitrogen and oxygen atoms in total. The van der Waals surface area contributed by atoms with Crippen LogP contribution in [0.1, 0.15) is 43.7 Å². The molecule has 2 aliphatic rings. The first-order chi connectivity index (χ1) is 13.5. The van der Waals surface area contributed by atoms with Crippen LogP contribution in [0, 0.1) is 17.7 Å². The number of nitrogens with one attached hydrogen (secondary N) is 1. The molecular formula is C21H28FN3O3. The first-order valence-electron chi connectivity index (χ1n) is 10.0. The summed E-state index contributed by atoms with van der Waals surface area (Å²) in [4.78, 5) is 30.2. The largest absolute Gasteiger partial charge is 0.481 e. The molecule has 152 valence electrons. The SMILES string of the molecule is CCCNC(=O)N1CCC(CC(=O)O)C(CC2=NCCc3cc(F)ccc32)C1. The fourth-order valence-electron chi connectivity index (χ4n) is 4.20. The number of carboxylic acids is 1. The Balaban J connectivity index is 1.76. The number of piperidine rings is 1. The summed E-state index contributed by atoms with van der Waals surface area (Å²) < 4.78 is 13.6. The smallest absolute Gasteiger partial charge is 0.317 e. The van der Waals surface area contributed by atoms with Crippen molar-refractivity contribution in [2.45, 2.75) is 39.0 Å². The van der Waals surface area contributed by atoms with Crippen molar-refractivity contribution < 1.29 is 19.1 Å². The molecule has 0 bridgehead atoms. The fourth-order valence-corrected chi connectivity index (χ4v) is 4.20. The van der Waals surface area contributed by atoms with Crippen LogP contribution in [0.4, 0.5) is 9.18 Å². The number of likely N-dealkylation sites (tertiary alicyclic amines) is 1. The van der Waals surface area contributed by atoms with Gasteiger partial charge in [0.15, 0.2) is 0 Å². The number of carboxylic acid groups (broad SMARTS) is 1. The first kappa shape index (κ1) is 20.3. The van der Waals surface area contributed by atoms with Crippen LogP contribution in [0.15, 0.2) is 23.2 Å². The topological polar surface area (TPSA) is 82.0 Å². The Bertz CT molecular complexity index is 765. The van der Waals surface area contributed by atoms with Crippen LogP contribution >= 0.6 is 0 Å². The highest BCUT2D eigenvalue weighted by atomic mass is 19.1. The van der Waals surface area contributed by atoms with Crippen molar-refractivity contribution in [3.05, 3.63) is 35.1 Å². The van der Waals surface area contributed by atoms with Crippen LogP contribution in [-0.4, -0.2) is 53.9 Å². The molecule has 0 radical (unpaired) electrons. The number of rotatable bonds is 6. The molecule has 2 unspecified atom stereocenters. The number of carbonyl (C=O) groups is 2. The molecule has 0 aliphatic carbocycles. The van der Waals surface area contributed by atoms with Crippen molar-refractivity contribution in [1.29, 1.82) is 0 Å². The summed E-state index contributed by atoms with van der Waals surface area (Å²) in [7, 11) is 0. The van der Waals surface area contributed by atoms with Gasteiger partial charge >= 0.3 is 12.0 Å². The van der Waals surface area contributed by atoms with Gasteiger partial charge in [0.25, 0.3) is 0 Å². The van der Waals surface area contributed by atoms with E-state index in [-0.39, 0.29) is 30.1 Å². The van der Waals surface area contributed by atoms with Gasteiger partial charge in [-0.05, 0) is 66.8 Å². The first-order valence-corrected chi connectivity index (χ1v) is 10.0. The van der Waals surface area contributed by atoms with E-state index in [1.165, 1.54) is 6.07 Å². The second kappa shape index (κ2) is 9.17. The predicted octanol–water partition coefficient (Wildman–Crippen LogP) is 3.09. The molecule has 1 fully saturated rings. The van der Waals surface area contributed by atoms with E-state index < -0.39 is 5.97 Å². The molecule has 0 aromatic heterocycles. The molecule has 28 heavy (non-hydrogen) atoms. The summed E-state index contributed by atoms with van der Waals surface area (Å²) in [5.74, 6) is -1.04. The van der Waals surface area contributed by atoms with Gasteiger partial charge in [-0.25, -0.2) is 9.18 Å². The van der Waals surface area contributed by atoms with Gasteiger partial charge in [0.2, 0.25) is 0 Å². The summed E-state index contributed by atoms with van der Waals surface area (Å²) in [6.07, 6.45) is 2.95. The lowest BCUT2D eigenvalue weighted by atomic mass is 9.78. The third-order valence-electron chi connectivity index (χ3n) is 5.66. The van der Waals surface area contributed by atoms with Gasteiger partial charge in [-0.15, -0.1) is 0 Å².